The van der Waals surface area contributed by atoms with Gasteiger partial charge in [0.05, 0.1) is 22.8 Å². The van der Waals surface area contributed by atoms with Gasteiger partial charge in [-0.1, -0.05) is 29.3 Å². The minimum Gasteiger partial charge on any atom is -0.453 e. The Bertz CT molecular complexity index is 737. The van der Waals surface area contributed by atoms with Crippen LogP contribution in [0.15, 0.2) is 30.0 Å². The number of methoxy groups -OCH3 is 1. The summed E-state index contributed by atoms with van der Waals surface area (Å²) in [7, 11) is 1.33. The molecule has 1 N–H and O–H groups in total. The second kappa shape index (κ2) is 8.60. The summed E-state index contributed by atoms with van der Waals surface area (Å²) < 4.78 is 4.67. The van der Waals surface area contributed by atoms with Crippen molar-refractivity contribution in [2.45, 2.75) is 0 Å². The number of ether oxygens (including phenoxy) is 1. The Balaban J connectivity index is 2.03. The van der Waals surface area contributed by atoms with E-state index in [2.05, 4.69) is 10.1 Å². The Morgan fingerprint density at radius 2 is 1.96 bits per heavy atom. The first-order valence-corrected chi connectivity index (χ1v) is 8.16. The van der Waals surface area contributed by atoms with Gasteiger partial charge in [-0.3, -0.25) is 4.79 Å². The number of hydrogen-bond donors (Lipinski definition) is 1. The van der Waals surface area contributed by atoms with E-state index < -0.39 is 12.0 Å². The van der Waals surface area contributed by atoms with Gasteiger partial charge in [-0.05, 0) is 12.1 Å². The molecule has 0 aliphatic carbocycles. The number of halogens is 2. The average molecular weight is 383 g/mol. The molecule has 0 saturated carbocycles. The second-order valence-corrected chi connectivity index (χ2v) is 5.99. The zero-order chi connectivity index (χ0) is 18.4. The summed E-state index contributed by atoms with van der Waals surface area (Å²) in [6.07, 6.45) is 1.08. The van der Waals surface area contributed by atoms with E-state index in [0.717, 1.165) is 0 Å². The Labute approximate surface area is 155 Å². The Morgan fingerprint density at radius 3 is 2.56 bits per heavy atom. The molecule has 0 atom stereocenters. The number of rotatable bonds is 3. The van der Waals surface area contributed by atoms with Gasteiger partial charge in [0.1, 0.15) is 11.6 Å². The van der Waals surface area contributed by atoms with E-state index in [1.54, 1.807) is 28.0 Å². The SMILES string of the molecule is COC(=O)N1CCN(/C=C(/C#N)C(=O)Nc2cccc(Cl)c2Cl)CC1. The molecule has 7 nitrogen and oxygen atoms in total. The van der Waals surface area contributed by atoms with Crippen LogP contribution in [0, 0.1) is 11.3 Å². The number of carbonyl (C=O) groups excluding carboxylic acids is 2. The summed E-state index contributed by atoms with van der Waals surface area (Å²) >= 11 is 11.9. The maximum absolute atomic E-state index is 12.3. The quantitative estimate of drug-likeness (QED) is 0.641. The predicted molar refractivity (Wildman–Crippen MR) is 94.3 cm³/mol. The molecule has 1 aromatic rings. The summed E-state index contributed by atoms with van der Waals surface area (Å²) in [6, 6.07) is 6.71. The molecule has 0 bridgehead atoms. The van der Waals surface area contributed by atoms with Crippen molar-refractivity contribution in [3.8, 4) is 6.07 Å². The van der Waals surface area contributed by atoms with Crippen LogP contribution in [0.3, 0.4) is 0 Å². The van der Waals surface area contributed by atoms with Crippen LogP contribution in [-0.2, 0) is 9.53 Å². The summed E-state index contributed by atoms with van der Waals surface area (Å²) in [6.45, 7) is 1.88. The molecule has 1 aliphatic heterocycles. The molecular weight excluding hydrogens is 367 g/mol. The van der Waals surface area contributed by atoms with Gasteiger partial charge in [-0.15, -0.1) is 0 Å². The van der Waals surface area contributed by atoms with E-state index in [4.69, 9.17) is 23.2 Å². The predicted octanol–water partition coefficient (Wildman–Crippen LogP) is 2.72. The topological polar surface area (TPSA) is 85.7 Å². The Kier molecular flexibility index (Phi) is 6.51. The fraction of sp³-hybridized carbons (Fsp3) is 0.312. The zero-order valence-electron chi connectivity index (χ0n) is 13.5. The molecule has 2 amide bonds. The van der Waals surface area contributed by atoms with Crippen molar-refractivity contribution in [3.05, 3.63) is 40.0 Å². The van der Waals surface area contributed by atoms with Crippen LogP contribution in [0.25, 0.3) is 0 Å². The highest BCUT2D eigenvalue weighted by molar-refractivity contribution is 6.44. The number of anilines is 1. The van der Waals surface area contributed by atoms with E-state index in [1.807, 2.05) is 6.07 Å². The highest BCUT2D eigenvalue weighted by Gasteiger charge is 2.21. The van der Waals surface area contributed by atoms with Gasteiger partial charge in [0, 0.05) is 32.4 Å². The first kappa shape index (κ1) is 18.9. The van der Waals surface area contributed by atoms with Crippen LogP contribution in [-0.4, -0.2) is 55.1 Å². The largest absolute Gasteiger partial charge is 0.453 e. The lowest BCUT2D eigenvalue weighted by atomic mass is 10.2. The number of nitrogens with one attached hydrogen (secondary N) is 1. The van der Waals surface area contributed by atoms with Crippen LogP contribution in [0.5, 0.6) is 0 Å². The van der Waals surface area contributed by atoms with E-state index in [1.165, 1.54) is 13.3 Å². The average Bonchev–Trinajstić information content (AvgIpc) is 2.63. The van der Waals surface area contributed by atoms with E-state index in [0.29, 0.717) is 36.9 Å². The maximum atomic E-state index is 12.3. The molecule has 0 radical (unpaired) electrons. The normalized spacial score (nSPS) is 14.7. The number of piperazine rings is 1. The van der Waals surface area contributed by atoms with Crippen LogP contribution >= 0.6 is 23.2 Å². The van der Waals surface area contributed by atoms with Crippen molar-refractivity contribution in [1.82, 2.24) is 9.80 Å². The van der Waals surface area contributed by atoms with Gasteiger partial charge in [0.15, 0.2) is 0 Å². The van der Waals surface area contributed by atoms with Gasteiger partial charge < -0.3 is 19.9 Å². The number of hydrogen-bond acceptors (Lipinski definition) is 5. The fourth-order valence-corrected chi connectivity index (χ4v) is 2.62. The molecule has 9 heteroatoms. The summed E-state index contributed by atoms with van der Waals surface area (Å²) in [4.78, 5) is 27.1. The number of benzene rings is 1. The Hall–Kier alpha value is -2.43. The third-order valence-electron chi connectivity index (χ3n) is 3.62. The molecule has 0 unspecified atom stereocenters. The smallest absolute Gasteiger partial charge is 0.409 e. The van der Waals surface area contributed by atoms with Crippen molar-refractivity contribution >= 4 is 40.9 Å². The monoisotopic (exact) mass is 382 g/mol. The fourth-order valence-electron chi connectivity index (χ4n) is 2.27. The van der Waals surface area contributed by atoms with E-state index >= 15 is 0 Å². The number of amides is 2. The lowest BCUT2D eigenvalue weighted by Gasteiger charge is -2.33. The van der Waals surface area contributed by atoms with Crippen LogP contribution in [0.1, 0.15) is 0 Å². The zero-order valence-corrected chi connectivity index (χ0v) is 15.0. The summed E-state index contributed by atoms with van der Waals surface area (Å²) in [5.41, 5.74) is 0.262. The van der Waals surface area contributed by atoms with Gasteiger partial charge in [-0.2, -0.15) is 5.26 Å². The van der Waals surface area contributed by atoms with E-state index in [9.17, 15) is 14.9 Å². The van der Waals surface area contributed by atoms with Crippen molar-refractivity contribution < 1.29 is 14.3 Å². The second-order valence-electron chi connectivity index (χ2n) is 5.20. The van der Waals surface area contributed by atoms with Crippen molar-refractivity contribution in [3.63, 3.8) is 0 Å². The van der Waals surface area contributed by atoms with Crippen molar-refractivity contribution in [2.75, 3.05) is 38.6 Å². The molecule has 1 fully saturated rings. The minimum absolute atomic E-state index is 0.0671. The van der Waals surface area contributed by atoms with Gasteiger partial charge in [0.2, 0.25) is 0 Å². The number of nitrogens with zero attached hydrogens (tertiary/aromatic N) is 3. The molecular formula is C16H16Cl2N4O3. The third-order valence-corrected chi connectivity index (χ3v) is 4.44. The summed E-state index contributed by atoms with van der Waals surface area (Å²) in [5.74, 6) is -0.581. The minimum atomic E-state index is -0.581. The molecule has 25 heavy (non-hydrogen) atoms. The standard InChI is InChI=1S/C16H16Cl2N4O3/c1-25-16(24)22-7-5-21(6-8-22)10-11(9-19)15(23)20-13-4-2-3-12(17)14(13)18/h2-4,10H,5-8H2,1H3,(H,20,23)/b11-10-. The number of carbonyl (C=O) groups is 2. The first-order valence-electron chi connectivity index (χ1n) is 7.40. The van der Waals surface area contributed by atoms with Crippen LogP contribution in [0.2, 0.25) is 10.0 Å². The molecule has 2 rings (SSSR count). The first-order chi connectivity index (χ1) is 12.0. The van der Waals surface area contributed by atoms with Crippen molar-refractivity contribution in [1.29, 1.82) is 5.26 Å². The van der Waals surface area contributed by atoms with E-state index in [-0.39, 0.29) is 10.6 Å². The third kappa shape index (κ3) is 4.78. The molecule has 1 saturated heterocycles. The lowest BCUT2D eigenvalue weighted by molar-refractivity contribution is -0.112. The van der Waals surface area contributed by atoms with Crippen LogP contribution in [0.4, 0.5) is 10.5 Å². The highest BCUT2D eigenvalue weighted by atomic mass is 35.5. The molecule has 132 valence electrons. The van der Waals surface area contributed by atoms with Crippen molar-refractivity contribution in [2.24, 2.45) is 0 Å². The molecule has 0 spiro atoms. The maximum Gasteiger partial charge on any atom is 0.409 e. The summed E-state index contributed by atoms with van der Waals surface area (Å²) in [5, 5.41) is 12.3. The van der Waals surface area contributed by atoms with Gasteiger partial charge in [-0.25, -0.2) is 4.79 Å². The molecule has 1 aliphatic rings. The number of nitriles is 1. The highest BCUT2D eigenvalue weighted by Crippen LogP contribution is 2.29. The molecule has 0 aromatic heterocycles. The lowest BCUT2D eigenvalue weighted by Crippen LogP contribution is -2.47. The molecule has 1 heterocycles. The van der Waals surface area contributed by atoms with Gasteiger partial charge >= 0.3 is 6.09 Å². The van der Waals surface area contributed by atoms with Gasteiger partial charge in [0.25, 0.3) is 5.91 Å². The molecule has 1 aromatic carbocycles. The van der Waals surface area contributed by atoms with Crippen LogP contribution < -0.4 is 5.32 Å². The Morgan fingerprint density at radius 1 is 1.28 bits per heavy atom.